The molecule has 0 saturated carbocycles. The number of nitrogens with one attached hydrogen (secondary N) is 2. The lowest BCUT2D eigenvalue weighted by Gasteiger charge is -2.12. The number of phenols is 2. The molecule has 9 rings (SSSR count). The standard InChI is InChI=1S/C48H31Cl2N7O5/c1-26-22-29(18-20-37(26)55-57-43-32-13-5-3-11-28(32)24-34(45(43)59)47(61)52-39-17-9-7-15-36(39)50)48-53-40-21-19-30(25-41(40)62-48)54-56-42-31-12-4-2-10-27(31)23-33(44(42)58)46(60)51-38-16-8-6-14-35(38)49/h2-25,58-59H,1H3,(H,51,60)(H,52,61). The Bertz CT molecular complexity index is 3330. The Morgan fingerprint density at radius 2 is 1.13 bits per heavy atom. The smallest absolute Gasteiger partial charge is 0.259 e. The minimum Gasteiger partial charge on any atom is -0.505 e. The summed E-state index contributed by atoms with van der Waals surface area (Å²) < 4.78 is 6.17. The van der Waals surface area contributed by atoms with E-state index in [0.29, 0.717) is 76.9 Å². The minimum absolute atomic E-state index is 0.00574. The summed E-state index contributed by atoms with van der Waals surface area (Å²) in [5.74, 6) is -1.43. The normalized spacial score (nSPS) is 11.6. The number of carbonyl (C=O) groups is 2. The van der Waals surface area contributed by atoms with E-state index in [1.807, 2.05) is 43.3 Å². The average Bonchev–Trinajstić information content (AvgIpc) is 3.71. The Hall–Kier alpha value is -7.93. The van der Waals surface area contributed by atoms with Crippen LogP contribution in [0, 0.1) is 6.92 Å². The predicted molar refractivity (Wildman–Crippen MR) is 243 cm³/mol. The van der Waals surface area contributed by atoms with Gasteiger partial charge in [0, 0.05) is 22.4 Å². The maximum atomic E-state index is 13.3. The van der Waals surface area contributed by atoms with Crippen molar-refractivity contribution in [1.82, 2.24) is 4.98 Å². The van der Waals surface area contributed by atoms with Crippen LogP contribution in [0.1, 0.15) is 26.3 Å². The van der Waals surface area contributed by atoms with Crippen LogP contribution in [-0.4, -0.2) is 27.0 Å². The molecule has 0 aliphatic carbocycles. The number of rotatable bonds is 9. The summed E-state index contributed by atoms with van der Waals surface area (Å²) in [6.45, 7) is 1.86. The van der Waals surface area contributed by atoms with Crippen molar-refractivity contribution in [3.05, 3.63) is 172 Å². The average molecular weight is 857 g/mol. The number of carbonyl (C=O) groups excluding carboxylic acids is 2. The van der Waals surface area contributed by atoms with Crippen molar-refractivity contribution >= 4 is 102 Å². The first-order valence-corrected chi connectivity index (χ1v) is 19.8. The maximum absolute atomic E-state index is 13.3. The Labute approximate surface area is 362 Å². The van der Waals surface area contributed by atoms with Crippen molar-refractivity contribution in [2.24, 2.45) is 20.5 Å². The fraction of sp³-hybridized carbons (Fsp3) is 0.0208. The first-order chi connectivity index (χ1) is 30.1. The van der Waals surface area contributed by atoms with Gasteiger partial charge in [-0.2, -0.15) is 10.2 Å². The molecular formula is C48H31Cl2N7O5. The zero-order chi connectivity index (χ0) is 42.9. The molecule has 0 bridgehead atoms. The second kappa shape index (κ2) is 16.6. The molecule has 2 amide bonds. The zero-order valence-electron chi connectivity index (χ0n) is 32.5. The first kappa shape index (κ1) is 39.5. The lowest BCUT2D eigenvalue weighted by atomic mass is 10.0. The number of amides is 2. The molecule has 1 aromatic heterocycles. The number of aryl methyl sites for hydroxylation is 1. The molecule has 0 fully saturated rings. The van der Waals surface area contributed by atoms with Gasteiger partial charge in [-0.25, -0.2) is 4.98 Å². The molecule has 0 atom stereocenters. The van der Waals surface area contributed by atoms with E-state index in [1.165, 1.54) is 0 Å². The molecule has 0 radical (unpaired) electrons. The lowest BCUT2D eigenvalue weighted by molar-refractivity contribution is 0.101. The number of benzene rings is 8. The van der Waals surface area contributed by atoms with Gasteiger partial charge in [-0.05, 0) is 90.0 Å². The van der Waals surface area contributed by atoms with E-state index in [9.17, 15) is 19.8 Å². The molecule has 8 aromatic carbocycles. The SMILES string of the molecule is Cc1cc(-c2nc3ccc(N=Nc4c(O)c(C(=O)Nc5ccccc5Cl)cc5ccccc45)cc3o2)ccc1N=Nc1c(O)c(C(=O)Nc2ccccc2Cl)cc2ccccc12. The summed E-state index contributed by atoms with van der Waals surface area (Å²) in [4.78, 5) is 31.4. The van der Waals surface area contributed by atoms with E-state index >= 15 is 0 Å². The van der Waals surface area contributed by atoms with Crippen LogP contribution < -0.4 is 10.6 Å². The highest BCUT2D eigenvalue weighted by Crippen LogP contribution is 2.42. The number of halogens is 2. The van der Waals surface area contributed by atoms with Crippen LogP contribution in [0.15, 0.2) is 170 Å². The van der Waals surface area contributed by atoms with Gasteiger partial charge < -0.3 is 25.3 Å². The van der Waals surface area contributed by atoms with Crippen LogP contribution in [0.4, 0.5) is 34.1 Å². The van der Waals surface area contributed by atoms with Crippen LogP contribution in [-0.2, 0) is 0 Å². The number of phenolic OH excluding ortho intramolecular Hbond substituents is 2. The fourth-order valence-corrected chi connectivity index (χ4v) is 7.27. The molecule has 62 heavy (non-hydrogen) atoms. The summed E-state index contributed by atoms with van der Waals surface area (Å²) >= 11 is 12.5. The van der Waals surface area contributed by atoms with Crippen LogP contribution in [0.25, 0.3) is 44.1 Å². The summed E-state index contributed by atoms with van der Waals surface area (Å²) in [5.41, 5.74) is 4.46. The van der Waals surface area contributed by atoms with Gasteiger partial charge in [0.05, 0.1) is 43.9 Å². The number of aromatic hydroxyl groups is 2. The third-order valence-corrected chi connectivity index (χ3v) is 10.7. The van der Waals surface area contributed by atoms with Crippen LogP contribution in [0.2, 0.25) is 10.0 Å². The summed E-state index contributed by atoms with van der Waals surface area (Å²) in [6.07, 6.45) is 0. The second-order valence-electron chi connectivity index (χ2n) is 14.1. The zero-order valence-corrected chi connectivity index (χ0v) is 34.0. The van der Waals surface area contributed by atoms with Crippen molar-refractivity contribution in [2.45, 2.75) is 6.92 Å². The Balaban J connectivity index is 0.973. The van der Waals surface area contributed by atoms with Crippen molar-refractivity contribution < 1.29 is 24.2 Å². The molecule has 0 unspecified atom stereocenters. The molecule has 302 valence electrons. The van der Waals surface area contributed by atoms with Crippen LogP contribution in [0.3, 0.4) is 0 Å². The number of oxazole rings is 1. The van der Waals surface area contributed by atoms with E-state index in [-0.39, 0.29) is 34.0 Å². The van der Waals surface area contributed by atoms with E-state index in [4.69, 9.17) is 27.6 Å². The molecule has 0 aliphatic rings. The molecule has 0 saturated heterocycles. The fourth-order valence-electron chi connectivity index (χ4n) is 6.90. The minimum atomic E-state index is -0.561. The number of para-hydroxylation sites is 2. The number of nitrogens with zero attached hydrogens (tertiary/aromatic N) is 5. The van der Waals surface area contributed by atoms with Gasteiger partial charge in [0.1, 0.15) is 16.9 Å². The number of azo groups is 2. The molecule has 14 heteroatoms. The third-order valence-electron chi connectivity index (χ3n) is 10.1. The van der Waals surface area contributed by atoms with Crippen molar-refractivity contribution in [3.8, 4) is 23.0 Å². The second-order valence-corrected chi connectivity index (χ2v) is 14.9. The Morgan fingerprint density at radius 1 is 0.597 bits per heavy atom. The highest BCUT2D eigenvalue weighted by Gasteiger charge is 2.21. The summed E-state index contributed by atoms with van der Waals surface area (Å²) in [7, 11) is 0. The van der Waals surface area contributed by atoms with E-state index in [2.05, 4.69) is 36.1 Å². The van der Waals surface area contributed by atoms with Crippen molar-refractivity contribution in [3.63, 3.8) is 0 Å². The topological polar surface area (TPSA) is 174 Å². The van der Waals surface area contributed by atoms with E-state index in [0.717, 1.165) is 5.56 Å². The highest BCUT2D eigenvalue weighted by atomic mass is 35.5. The van der Waals surface area contributed by atoms with Crippen LogP contribution >= 0.6 is 23.2 Å². The monoisotopic (exact) mass is 855 g/mol. The molecule has 9 aromatic rings. The summed E-state index contributed by atoms with van der Waals surface area (Å²) in [5, 5.41) is 49.2. The maximum Gasteiger partial charge on any atom is 0.259 e. The van der Waals surface area contributed by atoms with Gasteiger partial charge in [0.15, 0.2) is 17.1 Å². The first-order valence-electron chi connectivity index (χ1n) is 19.1. The molecule has 12 nitrogen and oxygen atoms in total. The molecule has 1 heterocycles. The van der Waals surface area contributed by atoms with Gasteiger partial charge in [0.2, 0.25) is 5.89 Å². The molecule has 0 aliphatic heterocycles. The van der Waals surface area contributed by atoms with Gasteiger partial charge in [-0.3, -0.25) is 9.59 Å². The van der Waals surface area contributed by atoms with E-state index in [1.54, 1.807) is 109 Å². The molecule has 0 spiro atoms. The number of fused-ring (bicyclic) bond motifs is 3. The number of aromatic nitrogens is 1. The quantitative estimate of drug-likeness (QED) is 0.105. The largest absolute Gasteiger partial charge is 0.505 e. The van der Waals surface area contributed by atoms with Gasteiger partial charge in [-0.1, -0.05) is 96.0 Å². The number of hydrogen-bond acceptors (Lipinski definition) is 10. The van der Waals surface area contributed by atoms with E-state index < -0.39 is 11.8 Å². The van der Waals surface area contributed by atoms with Gasteiger partial charge >= 0.3 is 0 Å². The van der Waals surface area contributed by atoms with Gasteiger partial charge in [-0.15, -0.1) is 10.2 Å². The summed E-state index contributed by atoms with van der Waals surface area (Å²) in [6, 6.07) is 41.9. The van der Waals surface area contributed by atoms with Gasteiger partial charge in [0.25, 0.3) is 11.8 Å². The Kier molecular flexibility index (Phi) is 10.6. The highest BCUT2D eigenvalue weighted by molar-refractivity contribution is 6.34. The third kappa shape index (κ3) is 7.79. The predicted octanol–water partition coefficient (Wildman–Crippen LogP) is 14.2. The van der Waals surface area contributed by atoms with Crippen molar-refractivity contribution in [1.29, 1.82) is 0 Å². The Morgan fingerprint density at radius 3 is 1.69 bits per heavy atom. The number of hydrogen-bond donors (Lipinski definition) is 4. The van der Waals surface area contributed by atoms with Crippen molar-refractivity contribution in [2.75, 3.05) is 10.6 Å². The van der Waals surface area contributed by atoms with Crippen LogP contribution in [0.5, 0.6) is 11.5 Å². The number of anilines is 2. The molecule has 4 N–H and O–H groups in total. The molecular weight excluding hydrogens is 825 g/mol. The lowest BCUT2D eigenvalue weighted by Crippen LogP contribution is -2.12.